The van der Waals surface area contributed by atoms with Crippen molar-refractivity contribution < 1.29 is 14.3 Å². The van der Waals surface area contributed by atoms with E-state index in [1.807, 2.05) is 13.8 Å². The van der Waals surface area contributed by atoms with Gasteiger partial charge in [0.2, 0.25) is 0 Å². The molecule has 0 unspecified atom stereocenters. The molecule has 0 radical (unpaired) electrons. The Bertz CT molecular complexity index is 290. The van der Waals surface area contributed by atoms with Gasteiger partial charge in [0.1, 0.15) is 0 Å². The van der Waals surface area contributed by atoms with E-state index >= 15 is 0 Å². The summed E-state index contributed by atoms with van der Waals surface area (Å²) in [5.74, 6) is -0.00172. The van der Waals surface area contributed by atoms with Crippen molar-refractivity contribution in [3.63, 3.8) is 0 Å². The summed E-state index contributed by atoms with van der Waals surface area (Å²) >= 11 is 0. The standard InChI is InChI=1S/C22H44O2.C4H10O/c1-3-5-7-8-9-10-11-12-13-14-15-16-17-18-19-20-22(23)24-21-6-4-2;1-3-5-4-2/h3-21H2,1-2H3;3-4H2,1-2H3. The Morgan fingerprint density at radius 3 is 1.24 bits per heavy atom. The van der Waals surface area contributed by atoms with Crippen molar-refractivity contribution in [1.29, 1.82) is 0 Å². The molecule has 0 amide bonds. The molecule has 0 fully saturated rings. The molecule has 0 N–H and O–H groups in total. The van der Waals surface area contributed by atoms with Crippen LogP contribution in [-0.2, 0) is 14.3 Å². The van der Waals surface area contributed by atoms with Crippen LogP contribution in [0.15, 0.2) is 0 Å². The van der Waals surface area contributed by atoms with Crippen molar-refractivity contribution >= 4 is 5.97 Å². The molecule has 0 bridgehead atoms. The third kappa shape index (κ3) is 32.3. The lowest BCUT2D eigenvalue weighted by atomic mass is 10.0. The molecule has 29 heavy (non-hydrogen) atoms. The van der Waals surface area contributed by atoms with E-state index in [1.165, 1.54) is 89.9 Å². The monoisotopic (exact) mass is 414 g/mol. The summed E-state index contributed by atoms with van der Waals surface area (Å²) in [6.45, 7) is 10.7. The highest BCUT2D eigenvalue weighted by molar-refractivity contribution is 5.69. The highest BCUT2D eigenvalue weighted by Crippen LogP contribution is 2.13. The van der Waals surface area contributed by atoms with Crippen molar-refractivity contribution in [3.05, 3.63) is 0 Å². The zero-order chi connectivity index (χ0) is 21.8. The van der Waals surface area contributed by atoms with Crippen LogP contribution in [0.3, 0.4) is 0 Å². The van der Waals surface area contributed by atoms with Crippen LogP contribution in [0.5, 0.6) is 0 Å². The van der Waals surface area contributed by atoms with Gasteiger partial charge in [0, 0.05) is 19.6 Å². The lowest BCUT2D eigenvalue weighted by Crippen LogP contribution is -2.05. The van der Waals surface area contributed by atoms with E-state index in [2.05, 4.69) is 13.8 Å². The average Bonchev–Trinajstić information content (AvgIpc) is 2.72. The van der Waals surface area contributed by atoms with Crippen molar-refractivity contribution in [2.24, 2.45) is 0 Å². The number of esters is 1. The zero-order valence-electron chi connectivity index (χ0n) is 20.6. The maximum absolute atomic E-state index is 11.4. The molecule has 0 aliphatic heterocycles. The SMILES string of the molecule is CCCCCCCCCCCCCCCCCC(=O)OCCCC.CCOCC. The van der Waals surface area contributed by atoms with Crippen LogP contribution in [0.4, 0.5) is 0 Å². The van der Waals surface area contributed by atoms with Crippen molar-refractivity contribution in [1.82, 2.24) is 0 Å². The molecule has 0 aliphatic carbocycles. The van der Waals surface area contributed by atoms with E-state index in [0.717, 1.165) is 32.5 Å². The topological polar surface area (TPSA) is 35.5 Å². The summed E-state index contributed by atoms with van der Waals surface area (Å²) in [6, 6.07) is 0. The molecular weight excluding hydrogens is 360 g/mol. The molecule has 0 aromatic rings. The summed E-state index contributed by atoms with van der Waals surface area (Å²) in [4.78, 5) is 11.4. The molecule has 3 nitrogen and oxygen atoms in total. The second kappa shape index (κ2) is 29.6. The molecule has 0 aromatic heterocycles. The summed E-state index contributed by atoms with van der Waals surface area (Å²) in [7, 11) is 0. The van der Waals surface area contributed by atoms with Gasteiger partial charge >= 0.3 is 5.97 Å². The summed E-state index contributed by atoms with van der Waals surface area (Å²) in [5, 5.41) is 0. The fourth-order valence-electron chi connectivity index (χ4n) is 3.25. The number of hydrogen-bond donors (Lipinski definition) is 0. The average molecular weight is 415 g/mol. The number of carbonyl (C=O) groups excluding carboxylic acids is 1. The van der Waals surface area contributed by atoms with Crippen LogP contribution >= 0.6 is 0 Å². The first kappa shape index (κ1) is 30.6. The molecule has 0 spiro atoms. The number of carbonyl (C=O) groups is 1. The van der Waals surface area contributed by atoms with Gasteiger partial charge < -0.3 is 9.47 Å². The van der Waals surface area contributed by atoms with Crippen LogP contribution in [-0.4, -0.2) is 25.8 Å². The fourth-order valence-corrected chi connectivity index (χ4v) is 3.25. The second-order valence-corrected chi connectivity index (χ2v) is 8.06. The van der Waals surface area contributed by atoms with Gasteiger partial charge in [-0.05, 0) is 26.7 Å². The molecule has 3 heteroatoms. The second-order valence-electron chi connectivity index (χ2n) is 8.06. The van der Waals surface area contributed by atoms with E-state index in [9.17, 15) is 4.79 Å². The van der Waals surface area contributed by atoms with Crippen molar-refractivity contribution in [3.8, 4) is 0 Å². The van der Waals surface area contributed by atoms with Crippen LogP contribution in [0.1, 0.15) is 143 Å². The molecule has 0 aromatic carbocycles. The van der Waals surface area contributed by atoms with Crippen molar-refractivity contribution in [2.45, 2.75) is 143 Å². The van der Waals surface area contributed by atoms with Crippen LogP contribution in [0.25, 0.3) is 0 Å². The van der Waals surface area contributed by atoms with Gasteiger partial charge in [0.15, 0.2) is 0 Å². The molecule has 0 rings (SSSR count). The van der Waals surface area contributed by atoms with Gasteiger partial charge in [0.05, 0.1) is 6.61 Å². The normalized spacial score (nSPS) is 10.5. The summed E-state index contributed by atoms with van der Waals surface area (Å²) in [5.41, 5.74) is 0. The minimum atomic E-state index is -0.00172. The largest absolute Gasteiger partial charge is 0.466 e. The Morgan fingerprint density at radius 1 is 0.517 bits per heavy atom. The summed E-state index contributed by atoms with van der Waals surface area (Å²) in [6.07, 6.45) is 23.1. The van der Waals surface area contributed by atoms with E-state index in [4.69, 9.17) is 9.47 Å². The highest BCUT2D eigenvalue weighted by atomic mass is 16.5. The van der Waals surface area contributed by atoms with Gasteiger partial charge in [-0.3, -0.25) is 4.79 Å². The van der Waals surface area contributed by atoms with Crippen LogP contribution in [0, 0.1) is 0 Å². The maximum Gasteiger partial charge on any atom is 0.305 e. The van der Waals surface area contributed by atoms with Crippen molar-refractivity contribution in [2.75, 3.05) is 19.8 Å². The number of unbranched alkanes of at least 4 members (excludes halogenated alkanes) is 15. The van der Waals surface area contributed by atoms with E-state index in [-0.39, 0.29) is 5.97 Å². The molecule has 0 saturated carbocycles. The van der Waals surface area contributed by atoms with Crippen LogP contribution in [0.2, 0.25) is 0 Å². The Balaban J connectivity index is 0. The lowest BCUT2D eigenvalue weighted by Gasteiger charge is -2.04. The quantitative estimate of drug-likeness (QED) is 0.139. The fraction of sp³-hybridized carbons (Fsp3) is 0.962. The van der Waals surface area contributed by atoms with Gasteiger partial charge in [0.25, 0.3) is 0 Å². The highest BCUT2D eigenvalue weighted by Gasteiger charge is 2.01. The van der Waals surface area contributed by atoms with Gasteiger partial charge in [-0.15, -0.1) is 0 Å². The Hall–Kier alpha value is -0.570. The Labute approximate surface area is 183 Å². The van der Waals surface area contributed by atoms with E-state index in [1.54, 1.807) is 0 Å². The third-order valence-electron chi connectivity index (χ3n) is 5.15. The minimum Gasteiger partial charge on any atom is -0.466 e. The third-order valence-corrected chi connectivity index (χ3v) is 5.15. The zero-order valence-corrected chi connectivity index (χ0v) is 20.6. The lowest BCUT2D eigenvalue weighted by molar-refractivity contribution is -0.143. The first-order valence-corrected chi connectivity index (χ1v) is 13.0. The van der Waals surface area contributed by atoms with Gasteiger partial charge in [-0.2, -0.15) is 0 Å². The Kier molecular flexibility index (Phi) is 31.3. The minimum absolute atomic E-state index is 0.00172. The maximum atomic E-state index is 11.4. The predicted octanol–water partition coefficient (Wildman–Crippen LogP) is 8.63. The number of ether oxygens (including phenoxy) is 2. The summed E-state index contributed by atoms with van der Waals surface area (Å²) < 4.78 is 10.00. The molecule has 0 saturated heterocycles. The van der Waals surface area contributed by atoms with E-state index in [0.29, 0.717) is 13.0 Å². The Morgan fingerprint density at radius 2 is 0.897 bits per heavy atom. The number of hydrogen-bond acceptors (Lipinski definition) is 3. The van der Waals surface area contributed by atoms with Gasteiger partial charge in [-0.1, -0.05) is 110 Å². The first-order chi connectivity index (χ1) is 14.2. The van der Waals surface area contributed by atoms with Crippen LogP contribution < -0.4 is 0 Å². The smallest absolute Gasteiger partial charge is 0.305 e. The number of rotatable bonds is 21. The van der Waals surface area contributed by atoms with E-state index < -0.39 is 0 Å². The molecule has 0 heterocycles. The molecule has 0 aliphatic rings. The predicted molar refractivity (Wildman–Crippen MR) is 128 cm³/mol. The van der Waals surface area contributed by atoms with Gasteiger partial charge in [-0.25, -0.2) is 0 Å². The molecular formula is C26H54O3. The first-order valence-electron chi connectivity index (χ1n) is 13.0. The molecule has 176 valence electrons. The molecule has 0 atom stereocenters.